The molecule has 2 aliphatic rings. The summed E-state index contributed by atoms with van der Waals surface area (Å²) in [7, 11) is 0. The number of anilines is 1. The number of benzene rings is 1. The van der Waals surface area contributed by atoms with Crippen LogP contribution in [0.15, 0.2) is 18.2 Å². The molecular weight excluding hydrogens is 308 g/mol. The molecule has 0 bridgehead atoms. The van der Waals surface area contributed by atoms with Gasteiger partial charge in [0, 0.05) is 5.56 Å². The van der Waals surface area contributed by atoms with Crippen molar-refractivity contribution in [3.05, 3.63) is 28.8 Å². The smallest absolute Gasteiger partial charge is 0.237 e. The Labute approximate surface area is 133 Å². The van der Waals surface area contributed by atoms with E-state index >= 15 is 0 Å². The third-order valence-electron chi connectivity index (χ3n) is 4.35. The summed E-state index contributed by atoms with van der Waals surface area (Å²) < 4.78 is 0. The number of nitrogens with zero attached hydrogens (tertiary/aromatic N) is 1. The van der Waals surface area contributed by atoms with Gasteiger partial charge in [0.05, 0.1) is 22.5 Å². The molecule has 21 heavy (non-hydrogen) atoms. The second-order valence-corrected chi connectivity index (χ2v) is 6.68. The van der Waals surface area contributed by atoms with Gasteiger partial charge in [-0.3, -0.25) is 9.59 Å². The number of fused-ring (bicyclic) bond motifs is 1. The fourth-order valence-corrected chi connectivity index (χ4v) is 3.75. The molecule has 2 unspecified atom stereocenters. The molecule has 2 N–H and O–H groups in total. The second-order valence-electron chi connectivity index (χ2n) is 5.83. The van der Waals surface area contributed by atoms with E-state index in [0.29, 0.717) is 22.2 Å². The SMILES string of the molecule is CC1CC2C(=O)N(c3ccc(C(N)=S)cc3Cl)C(=O)C2C1. The number of carbonyl (C=O) groups is 2. The average molecular weight is 323 g/mol. The highest BCUT2D eigenvalue weighted by Gasteiger charge is 2.52. The normalized spacial score (nSPS) is 28.1. The lowest BCUT2D eigenvalue weighted by atomic mass is 10.00. The minimum Gasteiger partial charge on any atom is -0.389 e. The fraction of sp³-hybridized carbons (Fsp3) is 0.400. The Morgan fingerprint density at radius 1 is 1.29 bits per heavy atom. The Kier molecular flexibility index (Phi) is 3.50. The fourth-order valence-electron chi connectivity index (χ4n) is 3.36. The van der Waals surface area contributed by atoms with E-state index in [0.717, 1.165) is 12.8 Å². The third-order valence-corrected chi connectivity index (χ3v) is 4.89. The molecule has 2 amide bonds. The van der Waals surface area contributed by atoms with Gasteiger partial charge in [-0.05, 0) is 37.0 Å². The van der Waals surface area contributed by atoms with Crippen molar-refractivity contribution in [3.8, 4) is 0 Å². The monoisotopic (exact) mass is 322 g/mol. The molecule has 3 rings (SSSR count). The standard InChI is InChI=1S/C15H15ClN2O2S/c1-7-4-9-10(5-7)15(20)18(14(9)19)12-3-2-8(13(17)21)6-11(12)16/h2-3,6-7,9-10H,4-5H2,1H3,(H2,17,21). The molecule has 1 aromatic rings. The number of amides is 2. The van der Waals surface area contributed by atoms with Crippen molar-refractivity contribution in [3.63, 3.8) is 0 Å². The van der Waals surface area contributed by atoms with E-state index in [1.807, 2.05) is 0 Å². The Hall–Kier alpha value is -1.46. The van der Waals surface area contributed by atoms with Crippen molar-refractivity contribution in [1.29, 1.82) is 0 Å². The maximum absolute atomic E-state index is 12.5. The molecule has 0 radical (unpaired) electrons. The van der Waals surface area contributed by atoms with E-state index in [9.17, 15) is 9.59 Å². The van der Waals surface area contributed by atoms with Gasteiger partial charge in [-0.25, -0.2) is 4.90 Å². The second kappa shape index (κ2) is 5.07. The average Bonchev–Trinajstić information content (AvgIpc) is 2.90. The number of carbonyl (C=O) groups excluding carboxylic acids is 2. The van der Waals surface area contributed by atoms with Crippen LogP contribution in [-0.4, -0.2) is 16.8 Å². The molecule has 2 atom stereocenters. The Morgan fingerprint density at radius 3 is 2.33 bits per heavy atom. The Morgan fingerprint density at radius 2 is 1.86 bits per heavy atom. The van der Waals surface area contributed by atoms with Gasteiger partial charge in [0.15, 0.2) is 0 Å². The van der Waals surface area contributed by atoms with Gasteiger partial charge in [0.1, 0.15) is 4.99 Å². The van der Waals surface area contributed by atoms with Crippen LogP contribution in [0, 0.1) is 17.8 Å². The molecule has 1 aromatic carbocycles. The van der Waals surface area contributed by atoms with E-state index in [-0.39, 0.29) is 28.6 Å². The van der Waals surface area contributed by atoms with Gasteiger partial charge < -0.3 is 5.73 Å². The number of thiocarbonyl (C=S) groups is 1. The predicted molar refractivity (Wildman–Crippen MR) is 85.2 cm³/mol. The molecular formula is C15H15ClN2O2S. The number of rotatable bonds is 2. The lowest BCUT2D eigenvalue weighted by Crippen LogP contribution is -2.32. The lowest BCUT2D eigenvalue weighted by molar-refractivity contribution is -0.123. The molecule has 1 aliphatic heterocycles. The summed E-state index contributed by atoms with van der Waals surface area (Å²) in [6.45, 7) is 2.08. The van der Waals surface area contributed by atoms with Crippen LogP contribution in [0.2, 0.25) is 5.02 Å². The lowest BCUT2D eigenvalue weighted by Gasteiger charge is -2.18. The maximum Gasteiger partial charge on any atom is 0.237 e. The third kappa shape index (κ3) is 2.24. The Balaban J connectivity index is 1.97. The van der Waals surface area contributed by atoms with E-state index < -0.39 is 0 Å². The van der Waals surface area contributed by atoms with Crippen LogP contribution in [-0.2, 0) is 9.59 Å². The van der Waals surface area contributed by atoms with Crippen molar-refractivity contribution >= 4 is 46.3 Å². The number of hydrogen-bond acceptors (Lipinski definition) is 3. The molecule has 0 spiro atoms. The first-order valence-corrected chi connectivity index (χ1v) is 7.66. The number of nitrogens with two attached hydrogens (primary N) is 1. The van der Waals surface area contributed by atoms with Crippen LogP contribution < -0.4 is 10.6 Å². The summed E-state index contributed by atoms with van der Waals surface area (Å²) >= 11 is 11.1. The van der Waals surface area contributed by atoms with Crippen LogP contribution in [0.25, 0.3) is 0 Å². The summed E-state index contributed by atoms with van der Waals surface area (Å²) in [4.78, 5) is 26.5. The summed E-state index contributed by atoms with van der Waals surface area (Å²) in [6, 6.07) is 4.91. The van der Waals surface area contributed by atoms with Crippen LogP contribution in [0.3, 0.4) is 0 Å². The molecule has 1 aliphatic carbocycles. The molecule has 1 saturated carbocycles. The molecule has 110 valence electrons. The first-order chi connectivity index (χ1) is 9.90. The van der Waals surface area contributed by atoms with Crippen molar-refractivity contribution in [1.82, 2.24) is 0 Å². The topological polar surface area (TPSA) is 63.4 Å². The van der Waals surface area contributed by atoms with Gasteiger partial charge in [-0.2, -0.15) is 0 Å². The highest BCUT2D eigenvalue weighted by atomic mass is 35.5. The zero-order chi connectivity index (χ0) is 15.3. The van der Waals surface area contributed by atoms with Gasteiger partial charge in [-0.1, -0.05) is 30.7 Å². The summed E-state index contributed by atoms with van der Waals surface area (Å²) in [5, 5.41) is 0.315. The van der Waals surface area contributed by atoms with Crippen molar-refractivity contribution in [2.24, 2.45) is 23.5 Å². The molecule has 1 heterocycles. The van der Waals surface area contributed by atoms with Gasteiger partial charge >= 0.3 is 0 Å². The maximum atomic E-state index is 12.5. The van der Waals surface area contributed by atoms with E-state index in [2.05, 4.69) is 6.92 Å². The summed E-state index contributed by atoms with van der Waals surface area (Å²) in [6.07, 6.45) is 1.54. The zero-order valence-corrected chi connectivity index (χ0v) is 13.1. The zero-order valence-electron chi connectivity index (χ0n) is 11.5. The van der Waals surface area contributed by atoms with Crippen molar-refractivity contribution in [2.45, 2.75) is 19.8 Å². The highest BCUT2D eigenvalue weighted by molar-refractivity contribution is 7.80. The summed E-state index contributed by atoms with van der Waals surface area (Å²) in [5.74, 6) is -0.251. The van der Waals surface area contributed by atoms with Gasteiger partial charge in [0.25, 0.3) is 0 Å². The van der Waals surface area contributed by atoms with Crippen LogP contribution in [0.1, 0.15) is 25.3 Å². The molecule has 2 fully saturated rings. The number of imide groups is 1. The summed E-state index contributed by atoms with van der Waals surface area (Å²) in [5.41, 5.74) is 6.60. The number of hydrogen-bond donors (Lipinski definition) is 1. The van der Waals surface area contributed by atoms with E-state index in [1.165, 1.54) is 4.90 Å². The highest BCUT2D eigenvalue weighted by Crippen LogP contribution is 2.45. The van der Waals surface area contributed by atoms with E-state index in [4.69, 9.17) is 29.6 Å². The van der Waals surface area contributed by atoms with Crippen LogP contribution in [0.5, 0.6) is 0 Å². The van der Waals surface area contributed by atoms with Crippen LogP contribution in [0.4, 0.5) is 5.69 Å². The molecule has 6 heteroatoms. The quantitative estimate of drug-likeness (QED) is 0.671. The molecule has 1 saturated heterocycles. The minimum atomic E-state index is -0.196. The Bertz CT molecular complexity index is 637. The predicted octanol–water partition coefficient (Wildman–Crippen LogP) is 2.51. The van der Waals surface area contributed by atoms with Gasteiger partial charge in [-0.15, -0.1) is 0 Å². The first kappa shape index (κ1) is 14.5. The first-order valence-electron chi connectivity index (χ1n) is 6.87. The largest absolute Gasteiger partial charge is 0.389 e. The van der Waals surface area contributed by atoms with Crippen molar-refractivity contribution in [2.75, 3.05) is 4.90 Å². The minimum absolute atomic E-state index is 0.140. The molecule has 0 aromatic heterocycles. The number of halogens is 1. The van der Waals surface area contributed by atoms with E-state index in [1.54, 1.807) is 18.2 Å². The molecule has 4 nitrogen and oxygen atoms in total. The van der Waals surface area contributed by atoms with Crippen molar-refractivity contribution < 1.29 is 9.59 Å². The van der Waals surface area contributed by atoms with Gasteiger partial charge in [0.2, 0.25) is 11.8 Å². The van der Waals surface area contributed by atoms with Crippen LogP contribution >= 0.6 is 23.8 Å².